The summed E-state index contributed by atoms with van der Waals surface area (Å²) in [7, 11) is 6.24. The molecule has 1 atom stereocenters. The molecule has 3 rings (SSSR count). The Labute approximate surface area is 182 Å². The molecule has 0 bridgehead atoms. The third-order valence-corrected chi connectivity index (χ3v) is 6.25. The molecule has 1 unspecified atom stereocenters. The Balaban J connectivity index is 1.84. The Kier molecular flexibility index (Phi) is 7.91. The first-order valence-corrected chi connectivity index (χ1v) is 11.2. The number of likely N-dealkylation sites (N-methyl/N-ethyl adjacent to an activating group) is 1. The van der Waals surface area contributed by atoms with Gasteiger partial charge in [-0.25, -0.2) is 0 Å². The van der Waals surface area contributed by atoms with E-state index in [0.717, 1.165) is 57.0 Å². The molecule has 0 radical (unpaired) electrons. The van der Waals surface area contributed by atoms with E-state index in [1.54, 1.807) is 5.57 Å². The first kappa shape index (κ1) is 22.3. The molecule has 1 fully saturated rings. The molecule has 0 aromatic heterocycles. The zero-order valence-electron chi connectivity index (χ0n) is 19.1. The monoisotopic (exact) mass is 410 g/mol. The topological polar surface area (TPSA) is 60.5 Å². The number of amidine groups is 1. The van der Waals surface area contributed by atoms with Gasteiger partial charge in [-0.2, -0.15) is 4.99 Å². The van der Waals surface area contributed by atoms with Gasteiger partial charge in [0.15, 0.2) is 11.8 Å². The van der Waals surface area contributed by atoms with Gasteiger partial charge >= 0.3 is 0 Å². The fraction of sp³-hybridized carbons (Fsp3) is 0.583. The number of piperazine rings is 1. The van der Waals surface area contributed by atoms with E-state index in [2.05, 4.69) is 59.1 Å². The fourth-order valence-corrected chi connectivity index (χ4v) is 4.03. The molecule has 30 heavy (non-hydrogen) atoms. The van der Waals surface area contributed by atoms with Gasteiger partial charge in [-0.1, -0.05) is 29.9 Å². The highest BCUT2D eigenvalue weighted by atomic mass is 15.3. The highest BCUT2D eigenvalue weighted by Crippen LogP contribution is 2.30. The molecule has 3 aliphatic rings. The van der Waals surface area contributed by atoms with Crippen LogP contribution in [0.25, 0.3) is 0 Å². The molecule has 0 aromatic carbocycles. The molecule has 6 heteroatoms. The van der Waals surface area contributed by atoms with Crippen molar-refractivity contribution < 1.29 is 0 Å². The smallest absolute Gasteiger partial charge is 0.198 e. The lowest BCUT2D eigenvalue weighted by molar-refractivity contribution is 0.214. The van der Waals surface area contributed by atoms with Gasteiger partial charge in [0.2, 0.25) is 0 Å². The molecule has 1 heterocycles. The first-order chi connectivity index (χ1) is 14.4. The number of allylic oxidation sites excluding steroid dienone is 6. The van der Waals surface area contributed by atoms with Crippen LogP contribution in [0.4, 0.5) is 0 Å². The van der Waals surface area contributed by atoms with E-state index in [4.69, 9.17) is 15.7 Å². The van der Waals surface area contributed by atoms with E-state index in [9.17, 15) is 0 Å². The average molecular weight is 411 g/mol. The van der Waals surface area contributed by atoms with E-state index >= 15 is 0 Å². The molecule has 1 aliphatic heterocycles. The minimum atomic E-state index is 0.241. The summed E-state index contributed by atoms with van der Waals surface area (Å²) < 4.78 is 0. The lowest BCUT2D eigenvalue weighted by atomic mass is 10.0. The maximum atomic E-state index is 6.41. The number of hydrogen-bond acceptors (Lipinski definition) is 3. The summed E-state index contributed by atoms with van der Waals surface area (Å²) in [6.07, 6.45) is 16.4. The van der Waals surface area contributed by atoms with Crippen LogP contribution in [0.3, 0.4) is 0 Å². The predicted octanol–water partition coefficient (Wildman–Crippen LogP) is 3.17. The van der Waals surface area contributed by atoms with Crippen LogP contribution in [-0.2, 0) is 0 Å². The summed E-state index contributed by atoms with van der Waals surface area (Å²) in [5.74, 6) is 1.32. The zero-order chi connectivity index (χ0) is 21.5. The second kappa shape index (κ2) is 10.6. The van der Waals surface area contributed by atoms with Crippen molar-refractivity contribution in [3.63, 3.8) is 0 Å². The Morgan fingerprint density at radius 1 is 1.20 bits per heavy atom. The number of guanidine groups is 1. The predicted molar refractivity (Wildman–Crippen MR) is 128 cm³/mol. The first-order valence-electron chi connectivity index (χ1n) is 11.2. The normalized spacial score (nSPS) is 24.6. The number of rotatable bonds is 3. The van der Waals surface area contributed by atoms with Gasteiger partial charge in [-0.15, -0.1) is 0 Å². The molecular formula is C24H38N6. The van der Waals surface area contributed by atoms with Crippen molar-refractivity contribution in [1.29, 1.82) is 0 Å². The Bertz CT molecular complexity index is 776. The molecule has 0 aromatic rings. The minimum absolute atomic E-state index is 0.241. The number of nitrogens with two attached hydrogens (primary N) is 1. The van der Waals surface area contributed by atoms with E-state index in [1.165, 1.54) is 18.4 Å². The second-order valence-corrected chi connectivity index (χ2v) is 8.80. The molecule has 164 valence electrons. The van der Waals surface area contributed by atoms with Gasteiger partial charge in [0.05, 0.1) is 6.04 Å². The van der Waals surface area contributed by atoms with Crippen molar-refractivity contribution in [3.8, 4) is 0 Å². The fourth-order valence-electron chi connectivity index (χ4n) is 4.03. The summed E-state index contributed by atoms with van der Waals surface area (Å²) >= 11 is 0. The maximum absolute atomic E-state index is 6.41. The third kappa shape index (κ3) is 6.33. The third-order valence-electron chi connectivity index (χ3n) is 6.25. The Hall–Kier alpha value is -2.34. The molecule has 0 saturated carbocycles. The van der Waals surface area contributed by atoms with Crippen molar-refractivity contribution in [2.45, 2.75) is 45.1 Å². The maximum Gasteiger partial charge on any atom is 0.198 e. The lowest BCUT2D eigenvalue weighted by Crippen LogP contribution is -2.50. The van der Waals surface area contributed by atoms with Crippen LogP contribution in [0.1, 0.15) is 39.0 Å². The standard InChI is InChI=1S/C24H38N6/c1-19(28(2)3)17-23(27-24(25)30-15-13-29(4)14-16-30)26-22-12-8-11-20-9-6-5-7-10-21(20)18-22/h5-7,10,17,22H,8-9,11-16,18H2,1-4H3,(H2,25,26,27)/b19-17+. The van der Waals surface area contributed by atoms with E-state index in [0.29, 0.717) is 5.96 Å². The van der Waals surface area contributed by atoms with E-state index in [1.807, 2.05) is 14.1 Å². The largest absolute Gasteiger partial charge is 0.381 e. The summed E-state index contributed by atoms with van der Waals surface area (Å²) in [5, 5.41) is 0. The summed E-state index contributed by atoms with van der Waals surface area (Å²) in [5.41, 5.74) is 10.6. The summed E-state index contributed by atoms with van der Waals surface area (Å²) in [6, 6.07) is 0.241. The van der Waals surface area contributed by atoms with Crippen molar-refractivity contribution >= 4 is 11.8 Å². The van der Waals surface area contributed by atoms with Crippen LogP contribution in [-0.4, -0.2) is 79.9 Å². The van der Waals surface area contributed by atoms with Gasteiger partial charge in [-0.3, -0.25) is 4.99 Å². The number of hydrogen-bond donors (Lipinski definition) is 1. The SMILES string of the molecule is C/C(=C\C(=NC1CCCC2=C(C=CC=CC2)C1)N=C(N)N1CCN(C)CC1)N(C)C. The highest BCUT2D eigenvalue weighted by Gasteiger charge is 2.19. The number of aliphatic imine (C=N–C) groups is 2. The number of nitrogens with zero attached hydrogens (tertiary/aromatic N) is 5. The van der Waals surface area contributed by atoms with Gasteiger partial charge < -0.3 is 20.4 Å². The Morgan fingerprint density at radius 2 is 1.97 bits per heavy atom. The van der Waals surface area contributed by atoms with Gasteiger partial charge in [-0.05, 0) is 51.6 Å². The molecule has 2 N–H and O–H groups in total. The van der Waals surface area contributed by atoms with Crippen molar-refractivity contribution in [2.75, 3.05) is 47.3 Å². The van der Waals surface area contributed by atoms with Crippen LogP contribution >= 0.6 is 0 Å². The lowest BCUT2D eigenvalue weighted by Gasteiger charge is -2.33. The van der Waals surface area contributed by atoms with Crippen molar-refractivity contribution in [2.24, 2.45) is 15.7 Å². The average Bonchev–Trinajstić information content (AvgIpc) is 3.03. The van der Waals surface area contributed by atoms with Crippen LogP contribution in [0.15, 0.2) is 57.2 Å². The van der Waals surface area contributed by atoms with Crippen LogP contribution < -0.4 is 5.73 Å². The van der Waals surface area contributed by atoms with Crippen molar-refractivity contribution in [3.05, 3.63) is 47.2 Å². The molecule has 2 aliphatic carbocycles. The molecule has 0 spiro atoms. The van der Waals surface area contributed by atoms with Crippen molar-refractivity contribution in [1.82, 2.24) is 14.7 Å². The van der Waals surface area contributed by atoms with Gasteiger partial charge in [0.1, 0.15) is 0 Å². The second-order valence-electron chi connectivity index (χ2n) is 8.80. The van der Waals surface area contributed by atoms with Crippen LogP contribution in [0.5, 0.6) is 0 Å². The molecule has 1 saturated heterocycles. The molecule has 0 amide bonds. The van der Waals surface area contributed by atoms with Gasteiger partial charge in [0, 0.05) is 52.0 Å². The Morgan fingerprint density at radius 3 is 2.70 bits per heavy atom. The summed E-state index contributed by atoms with van der Waals surface area (Å²) in [6.45, 7) is 5.93. The van der Waals surface area contributed by atoms with Gasteiger partial charge in [0.25, 0.3) is 0 Å². The quantitative estimate of drug-likeness (QED) is 0.573. The molecular weight excluding hydrogens is 372 g/mol. The summed E-state index contributed by atoms with van der Waals surface area (Å²) in [4.78, 5) is 16.5. The van der Waals surface area contributed by atoms with Crippen LogP contribution in [0, 0.1) is 0 Å². The molecule has 6 nitrogen and oxygen atoms in total. The van der Waals surface area contributed by atoms with Crippen LogP contribution in [0.2, 0.25) is 0 Å². The minimum Gasteiger partial charge on any atom is -0.381 e. The highest BCUT2D eigenvalue weighted by molar-refractivity contribution is 6.02. The van der Waals surface area contributed by atoms with E-state index in [-0.39, 0.29) is 6.04 Å². The van der Waals surface area contributed by atoms with E-state index < -0.39 is 0 Å². The zero-order valence-corrected chi connectivity index (χ0v) is 19.1.